The summed E-state index contributed by atoms with van der Waals surface area (Å²) in [7, 11) is 0.777. The second-order valence-electron chi connectivity index (χ2n) is 29.1. The molecule has 0 aliphatic carbocycles. The Labute approximate surface area is 658 Å². The van der Waals surface area contributed by atoms with Gasteiger partial charge in [0.1, 0.15) is 5.75 Å². The van der Waals surface area contributed by atoms with Crippen LogP contribution < -0.4 is 4.65 Å². The zero-order valence-corrected chi connectivity index (χ0v) is 62.7. The van der Waals surface area contributed by atoms with Gasteiger partial charge in [0, 0.05) is 15.2 Å². The van der Waals surface area contributed by atoms with Crippen molar-refractivity contribution in [3.8, 4) is 83.6 Å². The van der Waals surface area contributed by atoms with Crippen LogP contribution in [0.3, 0.4) is 0 Å². The fourth-order valence-electron chi connectivity index (χ4n) is 17.1. The molecule has 0 spiro atoms. The smallest absolute Gasteiger partial charge is 0.537 e. The second-order valence-corrected chi connectivity index (χ2v) is 30.0. The van der Waals surface area contributed by atoms with Crippen molar-refractivity contribution >= 4 is 153 Å². The average molecular weight is 1490 g/mol. The molecule has 4 heteroatoms. The van der Waals surface area contributed by atoms with Crippen LogP contribution >= 0.6 is 15.9 Å². The van der Waals surface area contributed by atoms with Crippen LogP contribution in [0.15, 0.2) is 417 Å². The van der Waals surface area contributed by atoms with Crippen molar-refractivity contribution in [1.82, 2.24) is 0 Å². The summed E-state index contributed by atoms with van der Waals surface area (Å²) in [5.74, 6) is 0.653. The summed E-state index contributed by atoms with van der Waals surface area (Å²) >= 11 is 3.49. The van der Waals surface area contributed by atoms with Gasteiger partial charge in [-0.3, -0.25) is 0 Å². The van der Waals surface area contributed by atoms with Gasteiger partial charge in [-0.05, 0) is 257 Å². The van der Waals surface area contributed by atoms with Gasteiger partial charge in [-0.2, -0.15) is 0 Å². The summed E-state index contributed by atoms with van der Waals surface area (Å²) in [5.41, 5.74) is 16.9. The Morgan fingerprint density at radius 2 is 0.411 bits per heavy atom. The quantitative estimate of drug-likeness (QED) is 0.0887. The maximum absolute atomic E-state index is 9.70. The van der Waals surface area contributed by atoms with E-state index in [1.54, 1.807) is 0 Å². The maximum atomic E-state index is 9.70. The third-order valence-corrected chi connectivity index (χ3v) is 23.1. The Kier molecular flexibility index (Phi) is 17.5. The molecule has 22 aromatic carbocycles. The van der Waals surface area contributed by atoms with E-state index in [4.69, 9.17) is 4.65 Å². The van der Waals surface area contributed by atoms with Gasteiger partial charge in [-0.15, -0.1) is 0 Å². The van der Waals surface area contributed by atoms with E-state index in [1.165, 1.54) is 163 Å². The Balaban J connectivity index is 0.000000121. The maximum Gasteiger partial charge on any atom is 0.569 e. The van der Waals surface area contributed by atoms with Crippen molar-refractivity contribution < 1.29 is 9.68 Å². The predicted octanol–water partition coefficient (Wildman–Crippen LogP) is 30.2. The van der Waals surface area contributed by atoms with Crippen LogP contribution in [-0.4, -0.2) is 12.7 Å². The van der Waals surface area contributed by atoms with Crippen molar-refractivity contribution in [3.63, 3.8) is 0 Å². The SMILES string of the molecule is Brc1ccc(-c2ccc3ccc4ccccc4c3c2)cc1.O[B]Oc1c2ccccc2c(-c2ccc3ccccc3c2)c2ccc(-c3ccc4ccccc4c3)cc12.c1ccc2cc(-c3ccc4c(-c5ccc6ccccc6c5)c5ccccc5c(-c5ccc(-c6ccc7ccc8ccccc8c7c6)cc5)c4c3)ccc2c1. The molecule has 1 radical (unpaired) electrons. The summed E-state index contributed by atoms with van der Waals surface area (Å²) in [6, 6.07) is 149. The Morgan fingerprint density at radius 3 is 0.839 bits per heavy atom. The van der Waals surface area contributed by atoms with Gasteiger partial charge in [0.05, 0.1) is 0 Å². The highest BCUT2D eigenvalue weighted by Gasteiger charge is 2.21. The third-order valence-electron chi connectivity index (χ3n) is 22.6. The van der Waals surface area contributed by atoms with Crippen LogP contribution in [0.1, 0.15) is 0 Å². The van der Waals surface area contributed by atoms with Crippen molar-refractivity contribution in [1.29, 1.82) is 0 Å². The summed E-state index contributed by atoms with van der Waals surface area (Å²) in [6.45, 7) is 0. The van der Waals surface area contributed by atoms with Crippen molar-refractivity contribution in [3.05, 3.63) is 417 Å². The van der Waals surface area contributed by atoms with E-state index in [9.17, 15) is 5.02 Å². The van der Waals surface area contributed by atoms with E-state index in [0.29, 0.717) is 5.75 Å². The van der Waals surface area contributed by atoms with Crippen molar-refractivity contribution in [2.24, 2.45) is 0 Å². The standard InChI is InChI=1S/C54H34.C34H22BO2.C20H13Br/c1-3-12-41-31-43(26-19-35(41)9-1)45-29-30-50-52(34-45)53(48-15-7-8-16-49(48)54(50)46-28-20-36-10-2-4-13-42(36)32-46)40-24-17-37(18-25-40)44-27-23-39-22-21-38-11-5-6-14-47(38)51(39)33-44;36-35-37-34-31-12-6-5-11-29(31)33(28-16-14-23-8-2-4-10-25(23)20-28)30-18-17-27(21-32(30)34)26-15-13-22-7-1-3-9-24(22)19-26;21-18-11-9-14(10-12-18)17-8-7-16-6-5-15-3-1-2-4-19(15)20(16)13-17/h1-34H;1-21,36H;1-13H. The molecule has 0 atom stereocenters. The lowest BCUT2D eigenvalue weighted by Crippen LogP contribution is -2.02. The first-order chi connectivity index (χ1) is 55.4. The molecule has 0 saturated carbocycles. The second kappa shape index (κ2) is 29.0. The third kappa shape index (κ3) is 12.6. The molecule has 0 aromatic heterocycles. The van der Waals surface area contributed by atoms with E-state index in [0.717, 1.165) is 56.0 Å². The van der Waals surface area contributed by atoms with E-state index in [1.807, 2.05) is 6.07 Å². The average Bonchev–Trinajstić information content (AvgIpc) is 0.729. The molecule has 22 aromatic rings. The molecule has 1 N–H and O–H groups in total. The summed E-state index contributed by atoms with van der Waals surface area (Å²) in [5, 5.41) is 39.0. The van der Waals surface area contributed by atoms with E-state index in [2.05, 4.69) is 422 Å². The van der Waals surface area contributed by atoms with Gasteiger partial charge in [0.25, 0.3) is 0 Å². The Hall–Kier alpha value is -13.7. The monoisotopic (exact) mass is 1490 g/mol. The number of fused-ring (bicyclic) bond motifs is 14. The van der Waals surface area contributed by atoms with Crippen LogP contribution in [0.25, 0.3) is 207 Å². The molecule has 0 amide bonds. The number of benzene rings is 22. The first-order valence-corrected chi connectivity index (χ1v) is 38.9. The minimum absolute atomic E-state index is 0.653. The zero-order valence-electron chi connectivity index (χ0n) is 61.1. The van der Waals surface area contributed by atoms with Gasteiger partial charge in [-0.1, -0.05) is 368 Å². The summed E-state index contributed by atoms with van der Waals surface area (Å²) in [6.07, 6.45) is 0. The highest BCUT2D eigenvalue weighted by atomic mass is 79.9. The highest BCUT2D eigenvalue weighted by molar-refractivity contribution is 9.10. The topological polar surface area (TPSA) is 29.5 Å². The first kappa shape index (κ1) is 67.6. The Bertz CT molecular complexity index is 7470. The molecule has 0 bridgehead atoms. The van der Waals surface area contributed by atoms with Crippen LogP contribution in [0.2, 0.25) is 0 Å². The van der Waals surface area contributed by atoms with Crippen LogP contribution in [0, 0.1) is 0 Å². The number of hydrogen-bond acceptors (Lipinski definition) is 2. The van der Waals surface area contributed by atoms with Crippen LogP contribution in [0.5, 0.6) is 5.75 Å². The molecule has 0 saturated heterocycles. The van der Waals surface area contributed by atoms with Gasteiger partial charge in [0.2, 0.25) is 0 Å². The molecule has 0 aliphatic heterocycles. The summed E-state index contributed by atoms with van der Waals surface area (Å²) < 4.78 is 6.89. The Morgan fingerprint density at radius 1 is 0.170 bits per heavy atom. The summed E-state index contributed by atoms with van der Waals surface area (Å²) in [4.78, 5) is 0. The van der Waals surface area contributed by atoms with Gasteiger partial charge in [-0.25, -0.2) is 0 Å². The molecule has 2 nitrogen and oxygen atoms in total. The molecule has 0 aliphatic rings. The van der Waals surface area contributed by atoms with Gasteiger partial charge < -0.3 is 9.68 Å². The lowest BCUT2D eigenvalue weighted by Gasteiger charge is -2.19. The molecule has 523 valence electrons. The molecule has 112 heavy (non-hydrogen) atoms. The number of hydrogen-bond donors (Lipinski definition) is 1. The molecular formula is C108H69BBrO2. The van der Waals surface area contributed by atoms with E-state index < -0.39 is 0 Å². The lowest BCUT2D eigenvalue weighted by molar-refractivity contribution is 0.459. The molecule has 0 heterocycles. The zero-order chi connectivity index (χ0) is 74.6. The molecule has 22 rings (SSSR count). The largest absolute Gasteiger partial charge is 0.569 e. The van der Waals surface area contributed by atoms with Crippen molar-refractivity contribution in [2.75, 3.05) is 0 Å². The highest BCUT2D eigenvalue weighted by Crippen LogP contribution is 2.48. The molecule has 0 unspecified atom stereocenters. The lowest BCUT2D eigenvalue weighted by atomic mass is 9.84. The predicted molar refractivity (Wildman–Crippen MR) is 484 cm³/mol. The van der Waals surface area contributed by atoms with Gasteiger partial charge >= 0.3 is 7.69 Å². The van der Waals surface area contributed by atoms with Crippen molar-refractivity contribution in [2.45, 2.75) is 0 Å². The van der Waals surface area contributed by atoms with Gasteiger partial charge in [0.15, 0.2) is 0 Å². The van der Waals surface area contributed by atoms with Crippen LogP contribution in [-0.2, 0) is 0 Å². The number of rotatable bonds is 9. The first-order valence-electron chi connectivity index (χ1n) is 38.1. The van der Waals surface area contributed by atoms with E-state index >= 15 is 0 Å². The fourth-order valence-corrected chi connectivity index (χ4v) is 17.3. The molecular weight excluding hydrogens is 1420 g/mol. The van der Waals surface area contributed by atoms with Crippen LogP contribution in [0.4, 0.5) is 0 Å². The normalized spacial score (nSPS) is 11.5. The minimum atomic E-state index is 0.653. The fraction of sp³-hybridized carbons (Fsp3) is 0. The molecule has 0 fully saturated rings. The number of halogens is 1. The van der Waals surface area contributed by atoms with E-state index in [-0.39, 0.29) is 0 Å². The minimum Gasteiger partial charge on any atom is -0.537 e.